The zero-order valence-electron chi connectivity index (χ0n) is 12.4. The van der Waals surface area contributed by atoms with E-state index in [9.17, 15) is 14.4 Å². The Labute approximate surface area is 126 Å². The van der Waals surface area contributed by atoms with Gasteiger partial charge in [0, 0.05) is 17.4 Å². The number of β-lactam (4-membered cyclic amide) rings is 1. The number of nitrogens with one attached hydrogen (secondary N) is 1. The number of rotatable bonds is 6. The quantitative estimate of drug-likeness (QED) is 0.144. The molecule has 1 amide bonds. The van der Waals surface area contributed by atoms with Crippen LogP contribution in [-0.2, 0) is 19.1 Å². The molecule has 1 aliphatic rings. The first-order chi connectivity index (χ1) is 10.2. The van der Waals surface area contributed by atoms with E-state index in [1.165, 1.54) is 0 Å². The summed E-state index contributed by atoms with van der Waals surface area (Å²) in [6.07, 6.45) is -0.0168. The number of carbonyl (C=O) groups is 3. The van der Waals surface area contributed by atoms with E-state index in [4.69, 9.17) is 15.8 Å². The molecular formula is C12H16N6O4. The highest BCUT2D eigenvalue weighted by atomic mass is 16.6. The summed E-state index contributed by atoms with van der Waals surface area (Å²) in [6, 6.07) is -1.35. The van der Waals surface area contributed by atoms with Crippen molar-refractivity contribution in [1.82, 2.24) is 5.32 Å². The number of esters is 1. The largest absolute Gasteiger partial charge is 0.451 e. The van der Waals surface area contributed by atoms with Gasteiger partial charge in [-0.3, -0.25) is 9.59 Å². The molecule has 0 saturated carbocycles. The van der Waals surface area contributed by atoms with E-state index in [0.717, 1.165) is 0 Å². The second-order valence-electron chi connectivity index (χ2n) is 5.68. The van der Waals surface area contributed by atoms with Crippen LogP contribution in [0.2, 0.25) is 0 Å². The number of hydrogen-bond acceptors (Lipinski definition) is 5. The molecule has 0 bridgehead atoms. The van der Waals surface area contributed by atoms with Gasteiger partial charge < -0.3 is 15.6 Å². The Bertz CT molecular complexity index is 593. The van der Waals surface area contributed by atoms with Gasteiger partial charge in [0.25, 0.3) is 5.78 Å². The second kappa shape index (κ2) is 6.84. The predicted molar refractivity (Wildman–Crippen MR) is 73.6 cm³/mol. The maximum atomic E-state index is 11.9. The second-order valence-corrected chi connectivity index (χ2v) is 5.68. The molecule has 1 fully saturated rings. The molecule has 2 atom stereocenters. The number of Topliss-reactive ketones (excluding diaryl/α,β-unsaturated/α-hetero) is 1. The summed E-state index contributed by atoms with van der Waals surface area (Å²) < 4.78 is 4.95. The summed E-state index contributed by atoms with van der Waals surface area (Å²) in [5.41, 5.74) is 15.6. The number of amides is 1. The van der Waals surface area contributed by atoms with Crippen molar-refractivity contribution in [2.45, 2.75) is 51.3 Å². The lowest BCUT2D eigenvalue weighted by molar-refractivity contribution is -0.152. The third-order valence-electron chi connectivity index (χ3n) is 2.79. The first kappa shape index (κ1) is 17.4. The fourth-order valence-corrected chi connectivity index (χ4v) is 1.79. The molecule has 1 rings (SSSR count). The molecule has 1 heterocycles. The maximum Gasteiger partial charge on any atom is 0.441 e. The first-order valence-electron chi connectivity index (χ1n) is 6.52. The first-order valence-corrected chi connectivity index (χ1v) is 6.52. The average Bonchev–Trinajstić information content (AvgIpc) is 2.39. The Morgan fingerprint density at radius 3 is 2.45 bits per heavy atom. The van der Waals surface area contributed by atoms with Gasteiger partial charge in [-0.1, -0.05) is 5.11 Å². The molecule has 0 radical (unpaired) electrons. The summed E-state index contributed by atoms with van der Waals surface area (Å²) in [5, 5.41) is 5.79. The Hall–Kier alpha value is -2.70. The summed E-state index contributed by atoms with van der Waals surface area (Å²) in [5.74, 6) is -2.17. The number of ether oxygens (including phenoxy) is 1. The average molecular weight is 308 g/mol. The van der Waals surface area contributed by atoms with E-state index < -0.39 is 41.1 Å². The van der Waals surface area contributed by atoms with Crippen LogP contribution in [0.15, 0.2) is 5.11 Å². The SMILES string of the molecule is CC(C)(C)OC(=O)C(=[N+]=[N-])C(=O)CCC1NC(=O)C1N=[N+]=[N-]. The van der Waals surface area contributed by atoms with Crippen LogP contribution in [0, 0.1) is 0 Å². The van der Waals surface area contributed by atoms with E-state index in [2.05, 4.69) is 20.1 Å². The normalized spacial score (nSPS) is 19.9. The minimum atomic E-state index is -1.02. The molecular weight excluding hydrogens is 292 g/mol. The minimum Gasteiger partial charge on any atom is -0.451 e. The highest BCUT2D eigenvalue weighted by Gasteiger charge is 2.40. The fourth-order valence-electron chi connectivity index (χ4n) is 1.79. The van der Waals surface area contributed by atoms with E-state index in [-0.39, 0.29) is 12.8 Å². The summed E-state index contributed by atoms with van der Waals surface area (Å²) in [4.78, 5) is 40.0. The molecule has 0 aliphatic carbocycles. The van der Waals surface area contributed by atoms with Crippen molar-refractivity contribution in [3.05, 3.63) is 16.0 Å². The maximum absolute atomic E-state index is 11.9. The van der Waals surface area contributed by atoms with Crippen molar-refractivity contribution in [2.24, 2.45) is 5.11 Å². The molecule has 0 aromatic heterocycles. The van der Waals surface area contributed by atoms with Crippen LogP contribution in [0.1, 0.15) is 33.6 Å². The van der Waals surface area contributed by atoms with Gasteiger partial charge in [0.1, 0.15) is 11.6 Å². The van der Waals surface area contributed by atoms with Crippen LogP contribution in [0.3, 0.4) is 0 Å². The van der Waals surface area contributed by atoms with Crippen LogP contribution in [0.25, 0.3) is 16.0 Å². The van der Waals surface area contributed by atoms with Gasteiger partial charge in [-0.15, -0.1) is 0 Å². The molecule has 2 unspecified atom stereocenters. The molecule has 1 saturated heterocycles. The van der Waals surface area contributed by atoms with Crippen LogP contribution in [0.5, 0.6) is 0 Å². The number of ketones is 1. The standard InChI is InChI=1S/C12H16N6O4/c1-12(2,3)22-11(21)9(16-13)7(19)5-4-6-8(17-18-14)10(20)15-6/h6,8H,4-5H2,1-3H3,(H,15,20). The van der Waals surface area contributed by atoms with E-state index in [1.54, 1.807) is 20.8 Å². The van der Waals surface area contributed by atoms with Crippen molar-refractivity contribution in [3.8, 4) is 0 Å². The molecule has 10 nitrogen and oxygen atoms in total. The van der Waals surface area contributed by atoms with Gasteiger partial charge in [-0.25, -0.2) is 4.79 Å². The van der Waals surface area contributed by atoms with Crippen LogP contribution < -0.4 is 5.32 Å². The van der Waals surface area contributed by atoms with Crippen molar-refractivity contribution in [3.63, 3.8) is 0 Å². The van der Waals surface area contributed by atoms with E-state index in [0.29, 0.717) is 0 Å². The Kier molecular flexibility index (Phi) is 5.39. The van der Waals surface area contributed by atoms with Gasteiger partial charge in [0.15, 0.2) is 0 Å². The Morgan fingerprint density at radius 2 is 2.00 bits per heavy atom. The van der Waals surface area contributed by atoms with Crippen LogP contribution in [0.4, 0.5) is 0 Å². The summed E-state index contributed by atoms with van der Waals surface area (Å²) in [6.45, 7) is 4.83. The molecule has 22 heavy (non-hydrogen) atoms. The molecule has 10 heteroatoms. The minimum absolute atomic E-state index is 0.149. The molecule has 1 N–H and O–H groups in total. The number of azide groups is 1. The lowest BCUT2D eigenvalue weighted by Crippen LogP contribution is -2.61. The highest BCUT2D eigenvalue weighted by Crippen LogP contribution is 2.16. The molecule has 0 aromatic rings. The van der Waals surface area contributed by atoms with E-state index >= 15 is 0 Å². The van der Waals surface area contributed by atoms with Crippen molar-refractivity contribution in [2.75, 3.05) is 0 Å². The molecule has 118 valence electrons. The molecule has 0 aromatic carbocycles. The fraction of sp³-hybridized carbons (Fsp3) is 0.667. The van der Waals surface area contributed by atoms with Gasteiger partial charge in [0.05, 0.1) is 0 Å². The monoisotopic (exact) mass is 308 g/mol. The number of carbonyl (C=O) groups excluding carboxylic acids is 3. The third-order valence-corrected chi connectivity index (χ3v) is 2.79. The van der Waals surface area contributed by atoms with Crippen molar-refractivity contribution < 1.29 is 23.9 Å². The van der Waals surface area contributed by atoms with Gasteiger partial charge in [0.2, 0.25) is 5.91 Å². The smallest absolute Gasteiger partial charge is 0.441 e. The van der Waals surface area contributed by atoms with Crippen molar-refractivity contribution >= 4 is 23.4 Å². The zero-order chi connectivity index (χ0) is 16.9. The van der Waals surface area contributed by atoms with Crippen molar-refractivity contribution in [1.29, 1.82) is 0 Å². The lowest BCUT2D eigenvalue weighted by Gasteiger charge is -2.33. The predicted octanol–water partition coefficient (Wildman–Crippen LogP) is 0.526. The summed E-state index contributed by atoms with van der Waals surface area (Å²) >= 11 is 0. The van der Waals surface area contributed by atoms with E-state index in [1.807, 2.05) is 0 Å². The topological polar surface area (TPSA) is 158 Å². The molecule has 0 spiro atoms. The Morgan fingerprint density at radius 1 is 1.36 bits per heavy atom. The molecule has 1 aliphatic heterocycles. The number of nitrogens with zero attached hydrogens (tertiary/aromatic N) is 5. The number of hydrogen-bond donors (Lipinski definition) is 1. The van der Waals surface area contributed by atoms with Crippen LogP contribution in [-0.4, -0.2) is 45.8 Å². The van der Waals surface area contributed by atoms with Gasteiger partial charge in [-0.05, 0) is 32.7 Å². The third kappa shape index (κ3) is 4.41. The Balaban J connectivity index is 2.60. The lowest BCUT2D eigenvalue weighted by atomic mass is 9.93. The zero-order valence-corrected chi connectivity index (χ0v) is 12.4. The van der Waals surface area contributed by atoms with Crippen LogP contribution >= 0.6 is 0 Å². The van der Waals surface area contributed by atoms with Gasteiger partial charge >= 0.3 is 11.7 Å². The highest BCUT2D eigenvalue weighted by molar-refractivity contribution is 6.62. The van der Waals surface area contributed by atoms with Gasteiger partial charge in [-0.2, -0.15) is 4.79 Å². The summed E-state index contributed by atoms with van der Waals surface area (Å²) in [7, 11) is 0.